The minimum atomic E-state index is 0.195. The molecule has 5 nitrogen and oxygen atoms in total. The molecule has 0 spiro atoms. The number of amides is 1. The number of piperazine rings is 1. The van der Waals surface area contributed by atoms with E-state index in [0.29, 0.717) is 13.1 Å². The van der Waals surface area contributed by atoms with Gasteiger partial charge in [-0.1, -0.05) is 0 Å². The van der Waals surface area contributed by atoms with E-state index in [1.807, 2.05) is 29.0 Å². The molecule has 1 aliphatic heterocycles. The van der Waals surface area contributed by atoms with Gasteiger partial charge in [-0.15, -0.1) is 0 Å². The Kier molecular flexibility index (Phi) is 4.17. The first-order valence-corrected chi connectivity index (χ1v) is 5.95. The lowest BCUT2D eigenvalue weighted by molar-refractivity contribution is -0.132. The van der Waals surface area contributed by atoms with Crippen LogP contribution in [0, 0.1) is 0 Å². The second-order valence-corrected chi connectivity index (χ2v) is 4.38. The van der Waals surface area contributed by atoms with Crippen molar-refractivity contribution in [3.63, 3.8) is 0 Å². The molecule has 1 N–H and O–H groups in total. The van der Waals surface area contributed by atoms with Crippen molar-refractivity contribution in [1.82, 2.24) is 15.1 Å². The van der Waals surface area contributed by atoms with Crippen LogP contribution in [0.4, 0.5) is 0 Å². The minimum absolute atomic E-state index is 0.195. The minimum Gasteiger partial charge on any atom is -0.468 e. The van der Waals surface area contributed by atoms with Gasteiger partial charge in [-0.3, -0.25) is 9.69 Å². The number of nitrogens with zero attached hydrogens (tertiary/aromatic N) is 2. The molecule has 0 unspecified atom stereocenters. The van der Waals surface area contributed by atoms with E-state index in [9.17, 15) is 4.79 Å². The maximum Gasteiger partial charge on any atom is 0.236 e. The van der Waals surface area contributed by atoms with Crippen LogP contribution in [0.15, 0.2) is 22.8 Å². The molecule has 1 saturated heterocycles. The van der Waals surface area contributed by atoms with Crippen LogP contribution < -0.4 is 5.32 Å². The monoisotopic (exact) mass is 237 g/mol. The summed E-state index contributed by atoms with van der Waals surface area (Å²) in [6.07, 6.45) is 1.65. The van der Waals surface area contributed by atoms with Crippen LogP contribution >= 0.6 is 0 Å². The van der Waals surface area contributed by atoms with Crippen molar-refractivity contribution in [2.75, 3.05) is 39.8 Å². The Morgan fingerprint density at radius 1 is 1.53 bits per heavy atom. The number of hydrogen-bond acceptors (Lipinski definition) is 4. The molecule has 2 rings (SSSR count). The van der Waals surface area contributed by atoms with Crippen LogP contribution in [0.5, 0.6) is 0 Å². The van der Waals surface area contributed by atoms with E-state index >= 15 is 0 Å². The number of furan rings is 1. The van der Waals surface area contributed by atoms with Crippen LogP contribution in [0.3, 0.4) is 0 Å². The highest BCUT2D eigenvalue weighted by Gasteiger charge is 2.17. The van der Waals surface area contributed by atoms with Crippen LogP contribution in [0.2, 0.25) is 0 Å². The van der Waals surface area contributed by atoms with Gasteiger partial charge in [0.15, 0.2) is 0 Å². The molecule has 0 atom stereocenters. The Morgan fingerprint density at radius 2 is 2.29 bits per heavy atom. The quantitative estimate of drug-likeness (QED) is 0.809. The Bertz CT molecular complexity index is 345. The highest BCUT2D eigenvalue weighted by molar-refractivity contribution is 5.78. The number of nitrogens with one attached hydrogen (secondary N) is 1. The fraction of sp³-hybridized carbons (Fsp3) is 0.583. The standard InChI is InChI=1S/C12H19N3O2/c1-14(9-11-3-2-8-17-11)10-12(16)15-6-4-13-5-7-15/h2-3,8,13H,4-7,9-10H2,1H3. The summed E-state index contributed by atoms with van der Waals surface area (Å²) >= 11 is 0. The maximum atomic E-state index is 12.0. The number of rotatable bonds is 4. The van der Waals surface area contributed by atoms with Crippen molar-refractivity contribution in [1.29, 1.82) is 0 Å². The predicted octanol–water partition coefficient (Wildman–Crippen LogP) is 0.143. The number of carbonyl (C=O) groups is 1. The summed E-state index contributed by atoms with van der Waals surface area (Å²) in [5.41, 5.74) is 0. The third-order valence-corrected chi connectivity index (χ3v) is 2.88. The lowest BCUT2D eigenvalue weighted by atomic mass is 10.3. The summed E-state index contributed by atoms with van der Waals surface area (Å²) in [5.74, 6) is 1.08. The summed E-state index contributed by atoms with van der Waals surface area (Å²) in [5, 5.41) is 3.24. The average molecular weight is 237 g/mol. The van der Waals surface area contributed by atoms with Gasteiger partial charge in [0, 0.05) is 26.2 Å². The second-order valence-electron chi connectivity index (χ2n) is 4.38. The molecule has 0 aromatic carbocycles. The van der Waals surface area contributed by atoms with E-state index < -0.39 is 0 Å². The summed E-state index contributed by atoms with van der Waals surface area (Å²) in [6, 6.07) is 3.78. The predicted molar refractivity (Wildman–Crippen MR) is 64.5 cm³/mol. The van der Waals surface area contributed by atoms with E-state index in [0.717, 1.165) is 31.9 Å². The molecular formula is C12H19N3O2. The molecule has 1 aliphatic rings. The molecule has 1 fully saturated rings. The van der Waals surface area contributed by atoms with Gasteiger partial charge in [0.25, 0.3) is 0 Å². The Labute approximate surface area is 101 Å². The summed E-state index contributed by atoms with van der Waals surface area (Å²) < 4.78 is 5.25. The SMILES string of the molecule is CN(CC(=O)N1CCNCC1)Cc1ccco1. The lowest BCUT2D eigenvalue weighted by Gasteiger charge is -2.29. The fourth-order valence-corrected chi connectivity index (χ4v) is 1.97. The second kappa shape index (κ2) is 5.84. The molecule has 2 heterocycles. The van der Waals surface area contributed by atoms with Crippen LogP contribution in [0.25, 0.3) is 0 Å². The van der Waals surface area contributed by atoms with Crippen LogP contribution in [0.1, 0.15) is 5.76 Å². The van der Waals surface area contributed by atoms with E-state index in [1.54, 1.807) is 6.26 Å². The highest BCUT2D eigenvalue weighted by atomic mass is 16.3. The summed E-state index contributed by atoms with van der Waals surface area (Å²) in [4.78, 5) is 15.9. The fourth-order valence-electron chi connectivity index (χ4n) is 1.97. The molecule has 1 aromatic heterocycles. The zero-order valence-corrected chi connectivity index (χ0v) is 10.2. The zero-order chi connectivity index (χ0) is 12.1. The summed E-state index contributed by atoms with van der Waals surface area (Å²) in [7, 11) is 1.93. The van der Waals surface area contributed by atoms with Gasteiger partial charge < -0.3 is 14.6 Å². The van der Waals surface area contributed by atoms with Gasteiger partial charge in [-0.25, -0.2) is 0 Å². The Hall–Kier alpha value is -1.33. The molecule has 0 radical (unpaired) electrons. The van der Waals surface area contributed by atoms with Gasteiger partial charge in [-0.05, 0) is 19.2 Å². The van der Waals surface area contributed by atoms with E-state index in [2.05, 4.69) is 5.32 Å². The summed E-state index contributed by atoms with van der Waals surface area (Å²) in [6.45, 7) is 4.54. The van der Waals surface area contributed by atoms with Crippen molar-refractivity contribution in [3.05, 3.63) is 24.2 Å². The van der Waals surface area contributed by atoms with Gasteiger partial charge in [-0.2, -0.15) is 0 Å². The van der Waals surface area contributed by atoms with Crippen molar-refractivity contribution in [3.8, 4) is 0 Å². The molecule has 0 aliphatic carbocycles. The first kappa shape index (κ1) is 12.1. The van der Waals surface area contributed by atoms with E-state index in [4.69, 9.17) is 4.42 Å². The zero-order valence-electron chi connectivity index (χ0n) is 10.2. The largest absolute Gasteiger partial charge is 0.468 e. The Balaban J connectivity index is 1.77. The molecule has 94 valence electrons. The number of likely N-dealkylation sites (N-methyl/N-ethyl adjacent to an activating group) is 1. The van der Waals surface area contributed by atoms with E-state index in [1.165, 1.54) is 0 Å². The smallest absolute Gasteiger partial charge is 0.236 e. The van der Waals surface area contributed by atoms with E-state index in [-0.39, 0.29) is 5.91 Å². The molecule has 1 aromatic rings. The van der Waals surface area contributed by atoms with Crippen LogP contribution in [-0.2, 0) is 11.3 Å². The van der Waals surface area contributed by atoms with Gasteiger partial charge in [0.1, 0.15) is 5.76 Å². The number of carbonyl (C=O) groups excluding carboxylic acids is 1. The van der Waals surface area contributed by atoms with Crippen molar-refractivity contribution < 1.29 is 9.21 Å². The van der Waals surface area contributed by atoms with Crippen LogP contribution in [-0.4, -0.2) is 55.5 Å². The topological polar surface area (TPSA) is 48.7 Å². The third kappa shape index (κ3) is 3.57. The first-order chi connectivity index (χ1) is 8.25. The van der Waals surface area contributed by atoms with Gasteiger partial charge in [0.05, 0.1) is 19.4 Å². The molecular weight excluding hydrogens is 218 g/mol. The van der Waals surface area contributed by atoms with Crippen molar-refractivity contribution in [2.24, 2.45) is 0 Å². The van der Waals surface area contributed by atoms with Crippen molar-refractivity contribution in [2.45, 2.75) is 6.54 Å². The lowest BCUT2D eigenvalue weighted by Crippen LogP contribution is -2.49. The highest BCUT2D eigenvalue weighted by Crippen LogP contribution is 2.04. The Morgan fingerprint density at radius 3 is 2.94 bits per heavy atom. The molecule has 17 heavy (non-hydrogen) atoms. The normalized spacial score (nSPS) is 16.5. The molecule has 0 saturated carbocycles. The molecule has 1 amide bonds. The first-order valence-electron chi connectivity index (χ1n) is 5.95. The maximum absolute atomic E-state index is 12.0. The molecule has 0 bridgehead atoms. The van der Waals surface area contributed by atoms with Gasteiger partial charge in [0.2, 0.25) is 5.91 Å². The van der Waals surface area contributed by atoms with Gasteiger partial charge >= 0.3 is 0 Å². The average Bonchev–Trinajstić information content (AvgIpc) is 2.82. The molecule has 5 heteroatoms. The van der Waals surface area contributed by atoms with Crippen molar-refractivity contribution >= 4 is 5.91 Å². The number of hydrogen-bond donors (Lipinski definition) is 1. The third-order valence-electron chi connectivity index (χ3n) is 2.88.